The minimum atomic E-state index is -1.26. The molecular weight excluding hydrogens is 534 g/mol. The van der Waals surface area contributed by atoms with Gasteiger partial charge in [-0.25, -0.2) is 4.57 Å². The molecule has 0 aliphatic carbocycles. The number of aromatic hydroxyl groups is 2. The second-order valence-corrected chi connectivity index (χ2v) is 10.6. The van der Waals surface area contributed by atoms with Gasteiger partial charge in [-0.2, -0.15) is 14.0 Å². The highest BCUT2D eigenvalue weighted by molar-refractivity contribution is 7.00. The van der Waals surface area contributed by atoms with Crippen molar-refractivity contribution in [1.82, 2.24) is 18.5 Å². The van der Waals surface area contributed by atoms with E-state index in [4.69, 9.17) is 25.6 Å². The highest BCUT2D eigenvalue weighted by Crippen LogP contribution is 2.65. The van der Waals surface area contributed by atoms with Crippen molar-refractivity contribution in [3.05, 3.63) is 52.0 Å². The van der Waals surface area contributed by atoms with E-state index >= 15 is 0 Å². The first-order valence-electron chi connectivity index (χ1n) is 11.7. The topological polar surface area (TPSA) is 160 Å². The Bertz CT molecular complexity index is 1820. The van der Waals surface area contributed by atoms with Gasteiger partial charge < -0.3 is 29.3 Å². The monoisotopic (exact) mass is 551 g/mol. The molecule has 2 aliphatic heterocycles. The maximum atomic E-state index is 11.5. The van der Waals surface area contributed by atoms with Gasteiger partial charge in [-0.15, -0.1) is 0 Å². The average Bonchev–Trinajstić information content (AvgIpc) is 3.67. The van der Waals surface area contributed by atoms with Crippen LogP contribution in [0.2, 0.25) is 5.02 Å². The number of halogens is 1. The molecule has 2 bridgehead atoms. The summed E-state index contributed by atoms with van der Waals surface area (Å²) in [7, 11) is 0. The molecule has 0 radical (unpaired) electrons. The number of benzene rings is 2. The first-order valence-corrected chi connectivity index (χ1v) is 12.8. The Balaban J connectivity index is 1.29. The lowest BCUT2D eigenvalue weighted by Gasteiger charge is -2.26. The predicted octanol–water partition coefficient (Wildman–Crippen LogP) is 4.23. The molecule has 7 rings (SSSR count). The Morgan fingerprint density at radius 3 is 2.82 bits per heavy atom. The number of ether oxygens (including phenoxy) is 2. The van der Waals surface area contributed by atoms with E-state index in [1.165, 1.54) is 4.57 Å². The van der Waals surface area contributed by atoms with Crippen LogP contribution in [0, 0.1) is 11.3 Å². The van der Waals surface area contributed by atoms with Gasteiger partial charge in [0.05, 0.1) is 52.2 Å². The molecule has 0 amide bonds. The van der Waals surface area contributed by atoms with E-state index in [9.17, 15) is 20.6 Å². The smallest absolute Gasteiger partial charge is 0.262 e. The molecule has 11 nitrogen and oxygen atoms in total. The molecule has 3 N–H and O–H groups in total. The van der Waals surface area contributed by atoms with Crippen LogP contribution in [-0.2, 0) is 15.9 Å². The van der Waals surface area contributed by atoms with Gasteiger partial charge in [0.1, 0.15) is 28.3 Å². The zero-order valence-corrected chi connectivity index (χ0v) is 21.2. The third-order valence-corrected chi connectivity index (χ3v) is 8.30. The molecule has 1 unspecified atom stereocenters. The second-order valence-electron chi connectivity index (χ2n) is 9.59. The predicted molar refractivity (Wildman–Crippen MR) is 135 cm³/mol. The fraction of sp³-hybridized carbons (Fsp3) is 0.280. The van der Waals surface area contributed by atoms with E-state index in [0.717, 1.165) is 11.7 Å². The third kappa shape index (κ3) is 2.92. The molecule has 5 aromatic rings. The molecular formula is C25H18ClN5O6S. The lowest BCUT2D eigenvalue weighted by molar-refractivity contribution is -0.107. The number of hydrogen-bond acceptors (Lipinski definition) is 11. The van der Waals surface area contributed by atoms with Gasteiger partial charge in [0.15, 0.2) is 5.58 Å². The Hall–Kier alpha value is -3.89. The Kier molecular flexibility index (Phi) is 4.78. The van der Waals surface area contributed by atoms with E-state index in [0.29, 0.717) is 49.4 Å². The summed E-state index contributed by atoms with van der Waals surface area (Å²) in [6.07, 6.45) is -0.520. The molecule has 0 spiro atoms. The molecule has 1 saturated heterocycles. The summed E-state index contributed by atoms with van der Waals surface area (Å²) < 4.78 is 27.3. The van der Waals surface area contributed by atoms with E-state index < -0.39 is 17.3 Å². The second kappa shape index (κ2) is 7.81. The third-order valence-electron chi connectivity index (χ3n) is 7.54. The van der Waals surface area contributed by atoms with Crippen LogP contribution in [0.4, 0.5) is 0 Å². The maximum Gasteiger partial charge on any atom is 0.262 e. The highest BCUT2D eigenvalue weighted by Gasteiger charge is 2.66. The number of aliphatic hydroxyl groups excluding tert-OH is 1. The van der Waals surface area contributed by atoms with Crippen molar-refractivity contribution < 1.29 is 29.3 Å². The number of nitriles is 1. The van der Waals surface area contributed by atoms with Crippen molar-refractivity contribution in [2.24, 2.45) is 0 Å². The fourth-order valence-electron chi connectivity index (χ4n) is 5.78. The van der Waals surface area contributed by atoms with Crippen molar-refractivity contribution in [2.75, 3.05) is 6.61 Å². The zero-order valence-electron chi connectivity index (χ0n) is 19.7. The van der Waals surface area contributed by atoms with Gasteiger partial charge in [-0.05, 0) is 42.4 Å². The summed E-state index contributed by atoms with van der Waals surface area (Å²) in [6, 6.07) is 10.3. The number of fused-ring (bicyclic) bond motifs is 7. The van der Waals surface area contributed by atoms with Crippen molar-refractivity contribution in [2.45, 2.75) is 37.1 Å². The summed E-state index contributed by atoms with van der Waals surface area (Å²) in [5.41, 5.74) is 0.215. The summed E-state index contributed by atoms with van der Waals surface area (Å²) in [5.74, 6) is -0.262. The highest BCUT2D eigenvalue weighted by atomic mass is 35.5. The molecule has 38 heavy (non-hydrogen) atoms. The Labute approximate surface area is 223 Å². The lowest BCUT2D eigenvalue weighted by Crippen LogP contribution is -2.33. The van der Waals surface area contributed by atoms with Crippen molar-refractivity contribution >= 4 is 45.3 Å². The maximum absolute atomic E-state index is 11.5. The number of nitrogens with zero attached hydrogens (tertiary/aromatic N) is 5. The van der Waals surface area contributed by atoms with Crippen LogP contribution in [0.15, 0.2) is 34.9 Å². The van der Waals surface area contributed by atoms with E-state index in [2.05, 4.69) is 20.0 Å². The number of aromatic nitrogens is 4. The molecule has 13 heteroatoms. The van der Waals surface area contributed by atoms with E-state index in [1.807, 2.05) is 0 Å². The number of hydrogen-bond donors (Lipinski definition) is 3. The quantitative estimate of drug-likeness (QED) is 0.288. The first kappa shape index (κ1) is 23.2. The van der Waals surface area contributed by atoms with Crippen LogP contribution in [0.1, 0.15) is 36.5 Å². The summed E-state index contributed by atoms with van der Waals surface area (Å²) in [6.45, 7) is 1.79. The Morgan fingerprint density at radius 1 is 1.21 bits per heavy atom. The van der Waals surface area contributed by atoms with Crippen LogP contribution in [0.5, 0.6) is 17.6 Å². The summed E-state index contributed by atoms with van der Waals surface area (Å²) in [5, 5.41) is 48.4. The molecule has 2 aromatic carbocycles. The molecule has 192 valence electrons. The SMILES string of the molecule is C[C@]12O[C@](CCOc3noc4ccc(Cl)cc34)(CC1O)c1c2c(O)n(-c2ccc(C#N)c3nsnc23)c1O. The van der Waals surface area contributed by atoms with Crippen LogP contribution < -0.4 is 4.74 Å². The lowest BCUT2D eigenvalue weighted by atomic mass is 9.76. The molecule has 2 aliphatic rings. The van der Waals surface area contributed by atoms with Gasteiger partial charge >= 0.3 is 0 Å². The average molecular weight is 552 g/mol. The molecule has 5 heterocycles. The van der Waals surface area contributed by atoms with Crippen LogP contribution >= 0.6 is 23.3 Å². The number of rotatable bonds is 5. The normalized spacial score (nSPS) is 23.8. The zero-order chi connectivity index (χ0) is 26.4. The minimum absolute atomic E-state index is 0.110. The first-order chi connectivity index (χ1) is 18.3. The van der Waals surface area contributed by atoms with Gasteiger partial charge in [0.25, 0.3) is 5.88 Å². The fourth-order valence-corrected chi connectivity index (χ4v) is 6.52. The van der Waals surface area contributed by atoms with E-state index in [-0.39, 0.29) is 37.1 Å². The molecule has 0 saturated carbocycles. The standard InChI is InChI=1S/C25H18ClN5O6S/c1-24-16(32)9-25(37-24,6-7-35-21-13-8-12(26)3-5-15(13)36-28-21)18-17(24)22(33)31(23(18)34)14-4-2-11(10-27)19-20(14)30-38-29-19/h2-5,8,16,32-34H,6-7,9H2,1H3/t16?,24-,25+/m0/s1. The van der Waals surface area contributed by atoms with Gasteiger partial charge in [-0.1, -0.05) is 11.6 Å². The molecule has 1 fully saturated rings. The van der Waals surface area contributed by atoms with E-state index in [1.54, 1.807) is 37.3 Å². The van der Waals surface area contributed by atoms with Gasteiger partial charge in [0, 0.05) is 17.9 Å². The summed E-state index contributed by atoms with van der Waals surface area (Å²) >= 11 is 7.03. The van der Waals surface area contributed by atoms with Crippen LogP contribution in [0.25, 0.3) is 27.7 Å². The summed E-state index contributed by atoms with van der Waals surface area (Å²) in [4.78, 5) is 0. The van der Waals surface area contributed by atoms with Crippen LogP contribution in [-0.4, -0.2) is 46.5 Å². The van der Waals surface area contributed by atoms with Crippen molar-refractivity contribution in [3.63, 3.8) is 0 Å². The van der Waals surface area contributed by atoms with Crippen molar-refractivity contribution in [3.8, 4) is 29.4 Å². The van der Waals surface area contributed by atoms with Gasteiger partial charge in [-0.3, -0.25) is 0 Å². The molecule has 3 atom stereocenters. The number of aliphatic hydroxyl groups is 1. The largest absolute Gasteiger partial charge is 0.494 e. The molecule has 3 aromatic heterocycles. The minimum Gasteiger partial charge on any atom is -0.494 e. The van der Waals surface area contributed by atoms with Gasteiger partial charge in [0.2, 0.25) is 11.8 Å². The van der Waals surface area contributed by atoms with Crippen LogP contribution in [0.3, 0.4) is 0 Å². The van der Waals surface area contributed by atoms with Crippen molar-refractivity contribution in [1.29, 1.82) is 5.26 Å². The Morgan fingerprint density at radius 2 is 2.00 bits per heavy atom.